The molecular formula is C12H10O8. The molecule has 20 heavy (non-hydrogen) atoms. The maximum absolute atomic E-state index is 11.3. The highest BCUT2D eigenvalue weighted by molar-refractivity contribution is 5.85. The number of carbonyl (C=O) groups is 4. The Morgan fingerprint density at radius 1 is 0.900 bits per heavy atom. The third-order valence-electron chi connectivity index (χ3n) is 2.27. The van der Waals surface area contributed by atoms with Crippen molar-refractivity contribution in [2.45, 2.75) is 25.4 Å². The normalized spacial score (nSPS) is 23.4. The zero-order valence-corrected chi connectivity index (χ0v) is 10.1. The van der Waals surface area contributed by atoms with E-state index in [1.54, 1.807) is 0 Å². The van der Waals surface area contributed by atoms with Gasteiger partial charge in [-0.1, -0.05) is 0 Å². The van der Waals surface area contributed by atoms with Gasteiger partial charge in [-0.3, -0.25) is 9.59 Å². The first-order chi connectivity index (χ1) is 9.52. The van der Waals surface area contributed by atoms with Crippen LogP contribution in [0.5, 0.6) is 0 Å². The lowest BCUT2D eigenvalue weighted by molar-refractivity contribution is -0.178. The number of rotatable bonds is 5. The maximum Gasteiger partial charge on any atom is 0.334 e. The first-order valence-corrected chi connectivity index (χ1v) is 5.69. The molecule has 2 aliphatic rings. The minimum absolute atomic E-state index is 0.245. The Balaban J connectivity index is 1.64. The van der Waals surface area contributed by atoms with Crippen molar-refractivity contribution in [3.8, 4) is 0 Å². The van der Waals surface area contributed by atoms with Gasteiger partial charge in [0.25, 0.3) is 12.6 Å². The van der Waals surface area contributed by atoms with E-state index in [0.29, 0.717) is 0 Å². The van der Waals surface area contributed by atoms with E-state index in [4.69, 9.17) is 9.47 Å². The molecule has 0 fully saturated rings. The fraction of sp³-hybridized carbons (Fsp3) is 0.333. The largest absolute Gasteiger partial charge is 0.421 e. The average molecular weight is 282 g/mol. The summed E-state index contributed by atoms with van der Waals surface area (Å²) in [4.78, 5) is 44.1. The summed E-state index contributed by atoms with van der Waals surface area (Å²) in [6.45, 7) is 0. The third kappa shape index (κ3) is 3.94. The van der Waals surface area contributed by atoms with Crippen molar-refractivity contribution >= 4 is 23.9 Å². The molecule has 2 atom stereocenters. The number of hydrogen-bond acceptors (Lipinski definition) is 8. The molecule has 2 unspecified atom stereocenters. The first-order valence-electron chi connectivity index (χ1n) is 5.69. The molecule has 2 aliphatic heterocycles. The number of hydrogen-bond donors (Lipinski definition) is 0. The second kappa shape index (κ2) is 6.00. The molecule has 0 saturated carbocycles. The summed E-state index contributed by atoms with van der Waals surface area (Å²) in [5.41, 5.74) is 0. The van der Waals surface area contributed by atoms with Gasteiger partial charge < -0.3 is 18.9 Å². The van der Waals surface area contributed by atoms with Gasteiger partial charge in [0.15, 0.2) is 0 Å². The summed E-state index contributed by atoms with van der Waals surface area (Å²) in [7, 11) is 0. The van der Waals surface area contributed by atoms with Crippen molar-refractivity contribution in [1.29, 1.82) is 0 Å². The summed E-state index contributed by atoms with van der Waals surface area (Å²) < 4.78 is 18.7. The molecule has 2 heterocycles. The van der Waals surface area contributed by atoms with Crippen LogP contribution in [0.15, 0.2) is 24.3 Å². The Bertz CT molecular complexity index is 458. The SMILES string of the molecule is O=C1C=CC(OC(=O)CCC(=O)OC2C=CC(=O)O2)O1. The van der Waals surface area contributed by atoms with Gasteiger partial charge >= 0.3 is 23.9 Å². The van der Waals surface area contributed by atoms with Crippen LogP contribution in [0.2, 0.25) is 0 Å². The van der Waals surface area contributed by atoms with Crippen LogP contribution in [0.3, 0.4) is 0 Å². The molecule has 0 aliphatic carbocycles. The second-order valence-corrected chi connectivity index (χ2v) is 3.81. The van der Waals surface area contributed by atoms with Crippen LogP contribution in [-0.4, -0.2) is 36.5 Å². The monoisotopic (exact) mass is 282 g/mol. The first kappa shape index (κ1) is 13.8. The van der Waals surface area contributed by atoms with Gasteiger partial charge in [0.1, 0.15) is 0 Å². The lowest BCUT2D eigenvalue weighted by Crippen LogP contribution is -2.21. The topological polar surface area (TPSA) is 105 Å². The minimum atomic E-state index is -1.05. The molecule has 0 amide bonds. The maximum atomic E-state index is 11.3. The molecule has 2 rings (SSSR count). The van der Waals surface area contributed by atoms with E-state index < -0.39 is 36.5 Å². The zero-order valence-electron chi connectivity index (χ0n) is 10.1. The fourth-order valence-corrected chi connectivity index (χ4v) is 1.41. The van der Waals surface area contributed by atoms with Gasteiger partial charge in [0, 0.05) is 24.3 Å². The molecule has 0 saturated heterocycles. The van der Waals surface area contributed by atoms with Gasteiger partial charge in [-0.15, -0.1) is 0 Å². The summed E-state index contributed by atoms with van der Waals surface area (Å²) in [5, 5.41) is 0. The molecule has 0 spiro atoms. The van der Waals surface area contributed by atoms with Crippen molar-refractivity contribution in [2.75, 3.05) is 0 Å². The number of carbonyl (C=O) groups excluding carboxylic acids is 4. The lowest BCUT2D eigenvalue weighted by atomic mass is 10.3. The number of esters is 4. The Morgan fingerprint density at radius 2 is 1.30 bits per heavy atom. The Kier molecular flexibility index (Phi) is 4.14. The van der Waals surface area contributed by atoms with Crippen LogP contribution in [-0.2, 0) is 38.1 Å². The van der Waals surface area contributed by atoms with Crippen LogP contribution < -0.4 is 0 Å². The Hall–Kier alpha value is -2.64. The summed E-state index contributed by atoms with van der Waals surface area (Å²) in [6, 6.07) is 0. The van der Waals surface area contributed by atoms with Crippen LogP contribution >= 0.6 is 0 Å². The standard InChI is InChI=1S/C12H10O8/c13-7(17-11-5-3-9(15)19-11)1-2-8(14)18-12-6-4-10(16)20-12/h3-6,11-12H,1-2H2. The highest BCUT2D eigenvalue weighted by Gasteiger charge is 2.23. The van der Waals surface area contributed by atoms with Gasteiger partial charge in [0.2, 0.25) is 0 Å². The predicted molar refractivity (Wildman–Crippen MR) is 59.5 cm³/mol. The molecule has 0 aromatic heterocycles. The Morgan fingerprint density at radius 3 is 1.60 bits per heavy atom. The van der Waals surface area contributed by atoms with Crippen LogP contribution in [0.1, 0.15) is 12.8 Å². The quantitative estimate of drug-likeness (QED) is 0.634. The van der Waals surface area contributed by atoms with Crippen molar-refractivity contribution in [3.63, 3.8) is 0 Å². The van der Waals surface area contributed by atoms with E-state index in [1.807, 2.05) is 0 Å². The van der Waals surface area contributed by atoms with Gasteiger partial charge in [-0.25, -0.2) is 9.59 Å². The number of ether oxygens (including phenoxy) is 4. The molecule has 0 radical (unpaired) electrons. The molecular weight excluding hydrogens is 272 g/mol. The molecule has 0 bridgehead atoms. The smallest absolute Gasteiger partial charge is 0.334 e. The van der Waals surface area contributed by atoms with Crippen molar-refractivity contribution in [3.05, 3.63) is 24.3 Å². The van der Waals surface area contributed by atoms with Crippen LogP contribution in [0, 0.1) is 0 Å². The van der Waals surface area contributed by atoms with Gasteiger partial charge in [-0.2, -0.15) is 0 Å². The van der Waals surface area contributed by atoms with E-state index in [2.05, 4.69) is 9.47 Å². The van der Waals surface area contributed by atoms with Crippen LogP contribution in [0.4, 0.5) is 0 Å². The summed E-state index contributed by atoms with van der Waals surface area (Å²) in [5.74, 6) is -2.63. The molecule has 0 N–H and O–H groups in total. The van der Waals surface area contributed by atoms with Crippen LogP contribution in [0.25, 0.3) is 0 Å². The van der Waals surface area contributed by atoms with Crippen molar-refractivity contribution in [2.24, 2.45) is 0 Å². The second-order valence-electron chi connectivity index (χ2n) is 3.81. The zero-order chi connectivity index (χ0) is 14.5. The molecule has 0 aromatic rings. The van der Waals surface area contributed by atoms with E-state index in [-0.39, 0.29) is 12.8 Å². The predicted octanol–water partition coefficient (Wildman–Crippen LogP) is -0.269. The van der Waals surface area contributed by atoms with Crippen molar-refractivity contribution < 1.29 is 38.1 Å². The van der Waals surface area contributed by atoms with E-state index in [1.165, 1.54) is 12.2 Å². The lowest BCUT2D eigenvalue weighted by Gasteiger charge is -2.11. The van der Waals surface area contributed by atoms with Gasteiger partial charge in [-0.05, 0) is 0 Å². The van der Waals surface area contributed by atoms with Gasteiger partial charge in [0.05, 0.1) is 12.8 Å². The van der Waals surface area contributed by atoms with E-state index >= 15 is 0 Å². The molecule has 106 valence electrons. The summed E-state index contributed by atoms with van der Waals surface area (Å²) in [6.07, 6.45) is 2.23. The number of cyclic esters (lactones) is 2. The molecule has 8 nitrogen and oxygen atoms in total. The third-order valence-corrected chi connectivity index (χ3v) is 2.27. The summed E-state index contributed by atoms with van der Waals surface area (Å²) >= 11 is 0. The minimum Gasteiger partial charge on any atom is -0.421 e. The molecule has 0 aromatic carbocycles. The van der Waals surface area contributed by atoms with E-state index in [0.717, 1.165) is 12.2 Å². The Labute approximate surface area is 112 Å². The highest BCUT2D eigenvalue weighted by Crippen LogP contribution is 2.10. The van der Waals surface area contributed by atoms with Crippen molar-refractivity contribution in [1.82, 2.24) is 0 Å². The highest BCUT2D eigenvalue weighted by atomic mass is 16.7. The molecule has 8 heteroatoms. The average Bonchev–Trinajstić information content (AvgIpc) is 2.96. The fourth-order valence-electron chi connectivity index (χ4n) is 1.41. The van der Waals surface area contributed by atoms with E-state index in [9.17, 15) is 19.2 Å².